The third-order valence-electron chi connectivity index (χ3n) is 6.13. The second kappa shape index (κ2) is 12.2. The minimum Gasteiger partial charge on any atom is -0.480 e. The van der Waals surface area contributed by atoms with Gasteiger partial charge in [0.15, 0.2) is 5.65 Å². The molecule has 0 amide bonds. The summed E-state index contributed by atoms with van der Waals surface area (Å²) in [7, 11) is 0. The molecule has 216 valence electrons. The Balaban J connectivity index is 0.000000493. The van der Waals surface area contributed by atoms with Crippen LogP contribution >= 0.6 is 0 Å². The van der Waals surface area contributed by atoms with Gasteiger partial charge in [0, 0.05) is 18.7 Å². The van der Waals surface area contributed by atoms with Gasteiger partial charge in [0.2, 0.25) is 0 Å². The number of aromatic nitrogens is 4. The third-order valence-corrected chi connectivity index (χ3v) is 6.13. The minimum absolute atomic E-state index is 0.0136. The summed E-state index contributed by atoms with van der Waals surface area (Å²) in [5.41, 5.74) is 7.96. The highest BCUT2D eigenvalue weighted by molar-refractivity contribution is 5.98. The Hall–Kier alpha value is -4.79. The van der Waals surface area contributed by atoms with E-state index in [1.54, 1.807) is 9.58 Å². The van der Waals surface area contributed by atoms with Gasteiger partial charge in [-0.3, -0.25) is 9.69 Å². The van der Waals surface area contributed by atoms with Crippen LogP contribution in [0.3, 0.4) is 0 Å². The van der Waals surface area contributed by atoms with Crippen molar-refractivity contribution < 1.29 is 42.1 Å². The Morgan fingerprint density at radius 2 is 1.66 bits per heavy atom. The van der Waals surface area contributed by atoms with Gasteiger partial charge in [0.1, 0.15) is 35.5 Å². The molecule has 5 rings (SSSR count). The number of carboxylic acids is 2. The zero-order valence-electron chi connectivity index (χ0n) is 21.2. The highest BCUT2D eigenvalue weighted by Crippen LogP contribution is 2.35. The fourth-order valence-corrected chi connectivity index (χ4v) is 4.30. The van der Waals surface area contributed by atoms with Gasteiger partial charge < -0.3 is 20.7 Å². The Morgan fingerprint density at radius 3 is 2.24 bits per heavy atom. The first-order valence-corrected chi connectivity index (χ1v) is 12.1. The Morgan fingerprint density at radius 1 is 1.02 bits per heavy atom. The Labute approximate surface area is 229 Å². The number of likely N-dealkylation sites (tertiary alicyclic amines) is 1. The summed E-state index contributed by atoms with van der Waals surface area (Å²) < 4.78 is 54.3. The molecule has 1 aliphatic heterocycles. The van der Waals surface area contributed by atoms with Gasteiger partial charge in [-0.05, 0) is 42.8 Å². The van der Waals surface area contributed by atoms with Gasteiger partial charge in [0.05, 0.1) is 18.0 Å². The lowest BCUT2D eigenvalue weighted by Crippen LogP contribution is -2.44. The van der Waals surface area contributed by atoms with E-state index in [9.17, 15) is 18.0 Å². The molecule has 1 fully saturated rings. The minimum atomic E-state index is -5.08. The van der Waals surface area contributed by atoms with Crippen molar-refractivity contribution in [2.24, 2.45) is 0 Å². The first-order valence-electron chi connectivity index (χ1n) is 12.1. The second-order valence-electron chi connectivity index (χ2n) is 8.99. The summed E-state index contributed by atoms with van der Waals surface area (Å²) in [6, 6.07) is 16.2. The zero-order valence-corrected chi connectivity index (χ0v) is 21.2. The van der Waals surface area contributed by atoms with E-state index in [4.69, 9.17) is 30.6 Å². The number of halogens is 4. The standard InChI is InChI=1S/C24H23FN6O3.C2HF3O2/c25-18-12-30(13-20(32)33)11-10-19(18)31-24-21(23(26)27-14-28-24)22(29-31)15-6-8-17(9-7-15)34-16-4-2-1-3-5-16;3-2(4,5)1(6)7/h1-9,14,18-19H,10-13H2,(H,32,33)(H2,26,27,28);(H,6,7). The van der Waals surface area contributed by atoms with Gasteiger partial charge in [-0.1, -0.05) is 18.2 Å². The molecular weight excluding hydrogens is 552 g/mol. The van der Waals surface area contributed by atoms with Gasteiger partial charge in [-0.2, -0.15) is 18.3 Å². The average molecular weight is 577 g/mol. The lowest BCUT2D eigenvalue weighted by atomic mass is 10.0. The summed E-state index contributed by atoms with van der Waals surface area (Å²) in [5, 5.41) is 21.4. The number of rotatable bonds is 6. The number of para-hydroxylation sites is 1. The number of benzene rings is 2. The molecule has 4 aromatic rings. The molecule has 4 N–H and O–H groups in total. The van der Waals surface area contributed by atoms with E-state index in [1.165, 1.54) is 6.33 Å². The van der Waals surface area contributed by atoms with Crippen LogP contribution in [0.15, 0.2) is 60.9 Å². The van der Waals surface area contributed by atoms with Gasteiger partial charge >= 0.3 is 18.1 Å². The summed E-state index contributed by atoms with van der Waals surface area (Å²) in [5.74, 6) is -2.08. The highest BCUT2D eigenvalue weighted by atomic mass is 19.4. The van der Waals surface area contributed by atoms with Crippen LogP contribution in [-0.4, -0.2) is 78.8 Å². The number of hydrogen-bond acceptors (Lipinski definition) is 8. The fraction of sp³-hybridized carbons (Fsp3) is 0.269. The maximum Gasteiger partial charge on any atom is 0.490 e. The Kier molecular flexibility index (Phi) is 8.66. The maximum atomic E-state index is 15.1. The molecule has 1 aliphatic rings. The lowest BCUT2D eigenvalue weighted by Gasteiger charge is -2.33. The summed E-state index contributed by atoms with van der Waals surface area (Å²) in [6.07, 6.45) is -4.65. The van der Waals surface area contributed by atoms with Crippen LogP contribution in [0.25, 0.3) is 22.3 Å². The molecule has 0 spiro atoms. The van der Waals surface area contributed by atoms with E-state index in [-0.39, 0.29) is 18.9 Å². The first kappa shape index (κ1) is 29.2. The number of anilines is 1. The predicted molar refractivity (Wildman–Crippen MR) is 138 cm³/mol. The second-order valence-corrected chi connectivity index (χ2v) is 8.99. The number of nitrogen functional groups attached to an aromatic ring is 1. The normalized spacial score (nSPS) is 17.5. The molecule has 2 aromatic heterocycles. The van der Waals surface area contributed by atoms with Crippen molar-refractivity contribution in [1.29, 1.82) is 0 Å². The first-order chi connectivity index (χ1) is 19.4. The highest BCUT2D eigenvalue weighted by Gasteiger charge is 2.38. The number of nitrogens with two attached hydrogens (primary N) is 1. The lowest BCUT2D eigenvalue weighted by molar-refractivity contribution is -0.192. The average Bonchev–Trinajstić information content (AvgIpc) is 3.30. The van der Waals surface area contributed by atoms with Crippen LogP contribution < -0.4 is 10.5 Å². The van der Waals surface area contributed by atoms with Gasteiger partial charge in [0.25, 0.3) is 0 Å². The van der Waals surface area contributed by atoms with Crippen molar-refractivity contribution in [2.45, 2.75) is 24.8 Å². The van der Waals surface area contributed by atoms with Crippen molar-refractivity contribution in [2.75, 3.05) is 25.4 Å². The number of fused-ring (bicyclic) bond motifs is 1. The van der Waals surface area contributed by atoms with E-state index in [0.717, 1.165) is 11.3 Å². The van der Waals surface area contributed by atoms with Crippen molar-refractivity contribution in [3.05, 3.63) is 60.9 Å². The number of aliphatic carboxylic acids is 2. The SMILES string of the molecule is Nc1ncnc2c1c(-c1ccc(Oc3ccccc3)cc1)nn2C1CCN(CC(=O)O)CC1F.O=C(O)C(F)(F)F. The van der Waals surface area contributed by atoms with Crippen molar-refractivity contribution in [1.82, 2.24) is 24.6 Å². The van der Waals surface area contributed by atoms with Crippen molar-refractivity contribution in [3.8, 4) is 22.8 Å². The molecule has 2 atom stereocenters. The molecular formula is C26H24F4N6O5. The quantitative estimate of drug-likeness (QED) is 0.285. The van der Waals surface area contributed by atoms with E-state index < -0.39 is 30.3 Å². The largest absolute Gasteiger partial charge is 0.490 e. The van der Waals surface area contributed by atoms with Crippen molar-refractivity contribution in [3.63, 3.8) is 0 Å². The molecule has 0 aliphatic carbocycles. The van der Waals surface area contributed by atoms with Gasteiger partial charge in [-0.15, -0.1) is 0 Å². The number of carbonyl (C=O) groups is 2. The van der Waals surface area contributed by atoms with Crippen molar-refractivity contribution >= 4 is 28.8 Å². The summed E-state index contributed by atoms with van der Waals surface area (Å²) in [4.78, 5) is 29.9. The number of ether oxygens (including phenoxy) is 1. The molecule has 2 unspecified atom stereocenters. The number of hydrogen-bond donors (Lipinski definition) is 3. The Bertz CT molecular complexity index is 1510. The molecule has 41 heavy (non-hydrogen) atoms. The van der Waals surface area contributed by atoms with Crippen LogP contribution in [0.4, 0.5) is 23.4 Å². The maximum absolute atomic E-state index is 15.1. The van der Waals surface area contributed by atoms with E-state index in [0.29, 0.717) is 35.4 Å². The van der Waals surface area contributed by atoms with Crippen LogP contribution in [0.1, 0.15) is 12.5 Å². The van der Waals surface area contributed by atoms with Crippen LogP contribution in [0.5, 0.6) is 11.5 Å². The zero-order chi connectivity index (χ0) is 29.7. The molecule has 3 heterocycles. The molecule has 1 saturated heterocycles. The molecule has 2 aromatic carbocycles. The molecule has 0 saturated carbocycles. The number of nitrogens with zero attached hydrogens (tertiary/aromatic N) is 5. The topological polar surface area (TPSA) is 157 Å². The summed E-state index contributed by atoms with van der Waals surface area (Å²) in [6.45, 7) is 0.269. The smallest absolute Gasteiger partial charge is 0.480 e. The monoisotopic (exact) mass is 576 g/mol. The van der Waals surface area contributed by atoms with Crippen LogP contribution in [-0.2, 0) is 9.59 Å². The number of piperidine rings is 1. The van der Waals surface area contributed by atoms with E-state index in [2.05, 4.69) is 9.97 Å². The summed E-state index contributed by atoms with van der Waals surface area (Å²) >= 11 is 0. The van der Waals surface area contributed by atoms with Crippen LogP contribution in [0.2, 0.25) is 0 Å². The predicted octanol–water partition coefficient (Wildman–Crippen LogP) is 4.17. The van der Waals surface area contributed by atoms with Gasteiger partial charge in [-0.25, -0.2) is 23.8 Å². The molecule has 11 nitrogen and oxygen atoms in total. The molecule has 0 radical (unpaired) electrons. The number of alkyl halides is 4. The fourth-order valence-electron chi connectivity index (χ4n) is 4.30. The number of carboxylic acid groups (broad SMARTS) is 2. The van der Waals surface area contributed by atoms with E-state index >= 15 is 4.39 Å². The van der Waals surface area contributed by atoms with E-state index in [1.807, 2.05) is 54.6 Å². The van der Waals surface area contributed by atoms with Crippen LogP contribution in [0, 0.1) is 0 Å². The molecule has 0 bridgehead atoms. The molecule has 15 heteroatoms. The third kappa shape index (κ3) is 7.05.